The van der Waals surface area contributed by atoms with Crippen LogP contribution in [0.4, 0.5) is 10.1 Å². The Morgan fingerprint density at radius 3 is 2.33 bits per heavy atom. The van der Waals surface area contributed by atoms with E-state index in [-0.39, 0.29) is 10.8 Å². The Bertz CT molecular complexity index is 238. The second kappa shape index (κ2) is 5.84. The Morgan fingerprint density at radius 2 is 1.92 bits per heavy atom. The van der Waals surface area contributed by atoms with Gasteiger partial charge in [-0.2, -0.15) is 0 Å². The molecule has 12 heavy (non-hydrogen) atoms. The summed E-state index contributed by atoms with van der Waals surface area (Å²) in [5.74, 6) is -0.388. The molecule has 0 bridgehead atoms. The van der Waals surface area contributed by atoms with Crippen molar-refractivity contribution in [2.45, 2.75) is 13.8 Å². The van der Waals surface area contributed by atoms with Crippen LogP contribution < -0.4 is 5.32 Å². The first-order chi connectivity index (χ1) is 5.74. The molecule has 0 heterocycles. The van der Waals surface area contributed by atoms with Crippen molar-refractivity contribution in [3.63, 3.8) is 0 Å². The highest BCUT2D eigenvalue weighted by Gasteiger charge is 1.97. The molecule has 0 atom stereocenters. The van der Waals surface area contributed by atoms with Crippen molar-refractivity contribution in [1.29, 1.82) is 0 Å². The van der Waals surface area contributed by atoms with Gasteiger partial charge in [-0.1, -0.05) is 25.4 Å². The normalized spacial score (nSPS) is 8.42. The van der Waals surface area contributed by atoms with Gasteiger partial charge >= 0.3 is 0 Å². The average Bonchev–Trinajstić information content (AvgIpc) is 2.13. The van der Waals surface area contributed by atoms with E-state index in [0.717, 1.165) is 5.69 Å². The van der Waals surface area contributed by atoms with Gasteiger partial charge in [-0.05, 0) is 18.2 Å². The highest BCUT2D eigenvalue weighted by atomic mass is 35.5. The molecule has 1 nitrogen and oxygen atoms in total. The fourth-order valence-electron chi connectivity index (χ4n) is 0.652. The van der Waals surface area contributed by atoms with Crippen molar-refractivity contribution in [1.82, 2.24) is 0 Å². The van der Waals surface area contributed by atoms with Gasteiger partial charge in [-0.15, -0.1) is 0 Å². The summed E-state index contributed by atoms with van der Waals surface area (Å²) in [4.78, 5) is 0. The van der Waals surface area contributed by atoms with E-state index in [9.17, 15) is 4.39 Å². The summed E-state index contributed by atoms with van der Waals surface area (Å²) in [6, 6.07) is 4.49. The molecular formula is C9H13ClFN. The molecule has 1 aromatic carbocycles. The van der Waals surface area contributed by atoms with E-state index in [0.29, 0.717) is 0 Å². The summed E-state index contributed by atoms with van der Waals surface area (Å²) in [7, 11) is 1.75. The fourth-order valence-corrected chi connectivity index (χ4v) is 0.832. The number of hydrogen-bond donors (Lipinski definition) is 1. The van der Waals surface area contributed by atoms with E-state index in [1.54, 1.807) is 13.1 Å². The molecule has 0 spiro atoms. The zero-order chi connectivity index (χ0) is 9.56. The van der Waals surface area contributed by atoms with Crippen LogP contribution in [0, 0.1) is 5.82 Å². The average molecular weight is 190 g/mol. The number of rotatable bonds is 1. The minimum Gasteiger partial charge on any atom is -0.388 e. The first-order valence-electron chi connectivity index (χ1n) is 3.87. The molecule has 0 saturated carbocycles. The standard InChI is InChI=1S/C7H7ClFN.C2H6/c1-10-5-2-3-7(9)6(8)4-5;1-2/h2-4,10H,1H3;1-2H3. The third-order valence-electron chi connectivity index (χ3n) is 1.21. The maximum absolute atomic E-state index is 12.5. The van der Waals surface area contributed by atoms with Crippen LogP contribution in [0.15, 0.2) is 18.2 Å². The Labute approximate surface area is 77.6 Å². The van der Waals surface area contributed by atoms with Crippen LogP contribution in [-0.4, -0.2) is 7.05 Å². The van der Waals surface area contributed by atoms with Crippen molar-refractivity contribution in [3.05, 3.63) is 29.0 Å². The lowest BCUT2D eigenvalue weighted by Gasteiger charge is -1.99. The van der Waals surface area contributed by atoms with E-state index in [2.05, 4.69) is 5.32 Å². The van der Waals surface area contributed by atoms with E-state index in [4.69, 9.17) is 11.6 Å². The quantitative estimate of drug-likeness (QED) is 0.713. The van der Waals surface area contributed by atoms with Crippen LogP contribution >= 0.6 is 11.6 Å². The molecule has 68 valence electrons. The molecule has 0 aliphatic rings. The van der Waals surface area contributed by atoms with Gasteiger partial charge in [-0.3, -0.25) is 0 Å². The molecule has 1 aromatic rings. The third kappa shape index (κ3) is 3.09. The van der Waals surface area contributed by atoms with Crippen molar-refractivity contribution in [3.8, 4) is 0 Å². The molecule has 0 aliphatic heterocycles. The molecule has 1 rings (SSSR count). The van der Waals surface area contributed by atoms with Crippen molar-refractivity contribution < 1.29 is 4.39 Å². The maximum atomic E-state index is 12.5. The molecule has 3 heteroatoms. The maximum Gasteiger partial charge on any atom is 0.141 e. The lowest BCUT2D eigenvalue weighted by atomic mass is 10.3. The molecule has 0 amide bonds. The summed E-state index contributed by atoms with van der Waals surface area (Å²) in [5, 5.41) is 2.99. The monoisotopic (exact) mass is 189 g/mol. The van der Waals surface area contributed by atoms with E-state index in [1.807, 2.05) is 13.8 Å². The van der Waals surface area contributed by atoms with Gasteiger partial charge in [0.05, 0.1) is 5.02 Å². The first kappa shape index (κ1) is 11.2. The summed E-state index contributed by atoms with van der Waals surface area (Å²) in [5.41, 5.74) is 0.811. The van der Waals surface area contributed by atoms with Gasteiger partial charge < -0.3 is 5.32 Å². The minimum atomic E-state index is -0.388. The Hall–Kier alpha value is -0.760. The van der Waals surface area contributed by atoms with Crippen molar-refractivity contribution in [2.75, 3.05) is 12.4 Å². The molecule has 0 aliphatic carbocycles. The highest BCUT2D eigenvalue weighted by molar-refractivity contribution is 6.31. The molecule has 0 fully saturated rings. The van der Waals surface area contributed by atoms with Gasteiger partial charge in [0.15, 0.2) is 0 Å². The van der Waals surface area contributed by atoms with Gasteiger partial charge in [0.2, 0.25) is 0 Å². The fraction of sp³-hybridized carbons (Fsp3) is 0.333. The number of halogens is 2. The second-order valence-electron chi connectivity index (χ2n) is 1.88. The summed E-state index contributed by atoms with van der Waals surface area (Å²) >= 11 is 5.48. The Morgan fingerprint density at radius 1 is 1.33 bits per heavy atom. The Kier molecular flexibility index (Phi) is 5.47. The topological polar surface area (TPSA) is 12.0 Å². The summed E-state index contributed by atoms with van der Waals surface area (Å²) in [6.45, 7) is 4.00. The Balaban J connectivity index is 0.000000561. The number of anilines is 1. The molecular weight excluding hydrogens is 177 g/mol. The smallest absolute Gasteiger partial charge is 0.141 e. The van der Waals surface area contributed by atoms with E-state index < -0.39 is 0 Å². The van der Waals surface area contributed by atoms with Crippen LogP contribution in [0.1, 0.15) is 13.8 Å². The van der Waals surface area contributed by atoms with Gasteiger partial charge in [0, 0.05) is 12.7 Å². The zero-order valence-electron chi connectivity index (χ0n) is 7.49. The van der Waals surface area contributed by atoms with Gasteiger partial charge in [-0.25, -0.2) is 4.39 Å². The molecule has 0 radical (unpaired) electrons. The van der Waals surface area contributed by atoms with E-state index >= 15 is 0 Å². The summed E-state index contributed by atoms with van der Waals surface area (Å²) in [6.07, 6.45) is 0. The lowest BCUT2D eigenvalue weighted by Crippen LogP contribution is -1.87. The first-order valence-corrected chi connectivity index (χ1v) is 4.24. The predicted octanol–water partition coefficient (Wildman–Crippen LogP) is 3.55. The predicted molar refractivity (Wildman–Crippen MR) is 52.3 cm³/mol. The van der Waals surface area contributed by atoms with Crippen molar-refractivity contribution in [2.24, 2.45) is 0 Å². The van der Waals surface area contributed by atoms with Crippen LogP contribution in [0.25, 0.3) is 0 Å². The highest BCUT2D eigenvalue weighted by Crippen LogP contribution is 2.18. The van der Waals surface area contributed by atoms with E-state index in [1.165, 1.54) is 12.1 Å². The van der Waals surface area contributed by atoms with Gasteiger partial charge in [0.25, 0.3) is 0 Å². The SMILES string of the molecule is CC.CNc1ccc(F)c(Cl)c1. The largest absolute Gasteiger partial charge is 0.388 e. The van der Waals surface area contributed by atoms with Crippen LogP contribution in [0.3, 0.4) is 0 Å². The number of hydrogen-bond acceptors (Lipinski definition) is 1. The molecule has 0 saturated heterocycles. The zero-order valence-corrected chi connectivity index (χ0v) is 8.24. The van der Waals surface area contributed by atoms with Crippen LogP contribution in [0.2, 0.25) is 5.02 Å². The lowest BCUT2D eigenvalue weighted by molar-refractivity contribution is 0.628. The van der Waals surface area contributed by atoms with Crippen LogP contribution in [0.5, 0.6) is 0 Å². The van der Waals surface area contributed by atoms with Crippen molar-refractivity contribution >= 4 is 17.3 Å². The second-order valence-corrected chi connectivity index (χ2v) is 2.29. The summed E-state index contributed by atoms with van der Waals surface area (Å²) < 4.78 is 12.5. The molecule has 1 N–H and O–H groups in total. The third-order valence-corrected chi connectivity index (χ3v) is 1.50. The molecule has 0 unspecified atom stereocenters. The molecule has 0 aromatic heterocycles. The van der Waals surface area contributed by atoms with Crippen LogP contribution in [-0.2, 0) is 0 Å². The minimum absolute atomic E-state index is 0.145. The van der Waals surface area contributed by atoms with Gasteiger partial charge in [0.1, 0.15) is 5.82 Å². The number of nitrogens with one attached hydrogen (secondary N) is 1. The number of benzene rings is 1.